The van der Waals surface area contributed by atoms with Gasteiger partial charge in [-0.25, -0.2) is 0 Å². The minimum absolute atomic E-state index is 0.0331. The molecule has 29 heavy (non-hydrogen) atoms. The largest absolute Gasteiger partial charge is 0.334 e. The van der Waals surface area contributed by atoms with Crippen LogP contribution in [0, 0.1) is 12.8 Å². The van der Waals surface area contributed by atoms with Gasteiger partial charge in [-0.2, -0.15) is 4.98 Å². The van der Waals surface area contributed by atoms with Crippen molar-refractivity contribution in [2.24, 2.45) is 5.92 Å². The molecular weight excluding hydrogens is 368 g/mol. The second kappa shape index (κ2) is 7.87. The summed E-state index contributed by atoms with van der Waals surface area (Å²) in [5.74, 6) is 0.531. The summed E-state index contributed by atoms with van der Waals surface area (Å²) < 4.78 is 5.23. The molecule has 0 saturated carbocycles. The quantitative estimate of drug-likeness (QED) is 0.719. The first kappa shape index (κ1) is 18.9. The average Bonchev–Trinajstić information content (AvgIpc) is 3.35. The Balaban J connectivity index is 1.41. The molecule has 1 saturated heterocycles. The summed E-state index contributed by atoms with van der Waals surface area (Å²) >= 11 is 0. The molecule has 0 radical (unpaired) electrons. The summed E-state index contributed by atoms with van der Waals surface area (Å²) in [6, 6.07) is 15.0. The van der Waals surface area contributed by atoms with Crippen molar-refractivity contribution in [3.8, 4) is 11.5 Å². The van der Waals surface area contributed by atoms with Crippen molar-refractivity contribution in [1.82, 2.24) is 10.1 Å². The van der Waals surface area contributed by atoms with Gasteiger partial charge in [0.2, 0.25) is 11.8 Å². The van der Waals surface area contributed by atoms with E-state index in [1.807, 2.05) is 50.2 Å². The fraction of sp³-hybridized carbons (Fsp3) is 0.273. The van der Waals surface area contributed by atoms with Crippen molar-refractivity contribution in [1.29, 1.82) is 0 Å². The van der Waals surface area contributed by atoms with Gasteiger partial charge in [0.15, 0.2) is 5.82 Å². The maximum absolute atomic E-state index is 12.7. The van der Waals surface area contributed by atoms with Crippen LogP contribution in [-0.2, 0) is 16.0 Å². The SMILES string of the molecule is CCc1noc(-c2ccc(NC(=O)[C@H]3CC(=O)N(c4cccc(C)c4)C3)cc2)n1. The highest BCUT2D eigenvalue weighted by molar-refractivity contribution is 6.03. The van der Waals surface area contributed by atoms with Crippen molar-refractivity contribution >= 4 is 23.2 Å². The summed E-state index contributed by atoms with van der Waals surface area (Å²) in [6.07, 6.45) is 0.914. The highest BCUT2D eigenvalue weighted by Gasteiger charge is 2.35. The van der Waals surface area contributed by atoms with Crippen LogP contribution in [0.3, 0.4) is 0 Å². The Bertz CT molecular complexity index is 1040. The lowest BCUT2D eigenvalue weighted by Gasteiger charge is -2.17. The van der Waals surface area contributed by atoms with E-state index >= 15 is 0 Å². The number of aryl methyl sites for hydroxylation is 2. The number of nitrogens with one attached hydrogen (secondary N) is 1. The minimum Gasteiger partial charge on any atom is -0.334 e. The van der Waals surface area contributed by atoms with E-state index in [1.54, 1.807) is 17.0 Å². The molecule has 1 atom stereocenters. The van der Waals surface area contributed by atoms with Crippen LogP contribution in [0.5, 0.6) is 0 Å². The maximum Gasteiger partial charge on any atom is 0.257 e. The Hall–Kier alpha value is -3.48. The molecule has 1 aliphatic heterocycles. The number of benzene rings is 2. The van der Waals surface area contributed by atoms with Gasteiger partial charge in [-0.1, -0.05) is 24.2 Å². The van der Waals surface area contributed by atoms with Crippen LogP contribution in [0.4, 0.5) is 11.4 Å². The summed E-state index contributed by atoms with van der Waals surface area (Å²) in [5.41, 5.74) is 3.36. The average molecular weight is 390 g/mol. The molecule has 0 spiro atoms. The lowest BCUT2D eigenvalue weighted by molar-refractivity contribution is -0.122. The molecule has 2 heterocycles. The number of hydrogen-bond donors (Lipinski definition) is 1. The Kier molecular flexibility index (Phi) is 5.12. The fourth-order valence-corrected chi connectivity index (χ4v) is 3.38. The Morgan fingerprint density at radius 2 is 2.03 bits per heavy atom. The summed E-state index contributed by atoms with van der Waals surface area (Å²) in [4.78, 5) is 31.1. The molecule has 0 aliphatic carbocycles. The van der Waals surface area contributed by atoms with E-state index in [0.717, 1.165) is 16.8 Å². The first-order chi connectivity index (χ1) is 14.0. The van der Waals surface area contributed by atoms with E-state index in [-0.39, 0.29) is 24.2 Å². The van der Waals surface area contributed by atoms with Crippen LogP contribution in [0.2, 0.25) is 0 Å². The second-order valence-electron chi connectivity index (χ2n) is 7.18. The molecule has 1 aliphatic rings. The third-order valence-electron chi connectivity index (χ3n) is 4.99. The number of aromatic nitrogens is 2. The normalized spacial score (nSPS) is 16.3. The lowest BCUT2D eigenvalue weighted by Crippen LogP contribution is -2.28. The van der Waals surface area contributed by atoms with Gasteiger partial charge in [0.1, 0.15) is 0 Å². The number of nitrogens with zero attached hydrogens (tertiary/aromatic N) is 3. The topological polar surface area (TPSA) is 88.3 Å². The minimum atomic E-state index is -0.384. The molecule has 148 valence electrons. The number of amides is 2. The number of anilines is 2. The van der Waals surface area contributed by atoms with Crippen LogP contribution in [0.25, 0.3) is 11.5 Å². The first-order valence-electron chi connectivity index (χ1n) is 9.64. The Morgan fingerprint density at radius 3 is 2.72 bits per heavy atom. The van der Waals surface area contributed by atoms with Crippen LogP contribution in [0.15, 0.2) is 53.1 Å². The van der Waals surface area contributed by atoms with Crippen molar-refractivity contribution in [2.75, 3.05) is 16.8 Å². The van der Waals surface area contributed by atoms with Crippen LogP contribution >= 0.6 is 0 Å². The molecular formula is C22H22N4O3. The second-order valence-corrected chi connectivity index (χ2v) is 7.18. The van der Waals surface area contributed by atoms with Gasteiger partial charge in [-0.3, -0.25) is 9.59 Å². The zero-order valence-electron chi connectivity index (χ0n) is 16.4. The zero-order valence-corrected chi connectivity index (χ0v) is 16.4. The summed E-state index contributed by atoms with van der Waals surface area (Å²) in [6.45, 7) is 4.32. The summed E-state index contributed by atoms with van der Waals surface area (Å²) in [7, 11) is 0. The van der Waals surface area contributed by atoms with Crippen LogP contribution < -0.4 is 10.2 Å². The van der Waals surface area contributed by atoms with E-state index in [1.165, 1.54) is 0 Å². The van der Waals surface area contributed by atoms with E-state index in [9.17, 15) is 9.59 Å². The van der Waals surface area contributed by atoms with Gasteiger partial charge in [-0.15, -0.1) is 0 Å². The molecule has 4 rings (SSSR count). The predicted molar refractivity (Wildman–Crippen MR) is 109 cm³/mol. The van der Waals surface area contributed by atoms with E-state index < -0.39 is 0 Å². The Morgan fingerprint density at radius 1 is 1.24 bits per heavy atom. The number of hydrogen-bond acceptors (Lipinski definition) is 5. The van der Waals surface area contributed by atoms with Gasteiger partial charge >= 0.3 is 0 Å². The highest BCUT2D eigenvalue weighted by Crippen LogP contribution is 2.27. The van der Waals surface area contributed by atoms with Gasteiger partial charge < -0.3 is 14.7 Å². The molecule has 0 bridgehead atoms. The maximum atomic E-state index is 12.7. The summed E-state index contributed by atoms with van der Waals surface area (Å²) in [5, 5.41) is 6.78. The van der Waals surface area contributed by atoms with Gasteiger partial charge in [0.05, 0.1) is 5.92 Å². The molecule has 1 fully saturated rings. The van der Waals surface area contributed by atoms with Gasteiger partial charge in [0.25, 0.3) is 5.89 Å². The monoisotopic (exact) mass is 390 g/mol. The van der Waals surface area contributed by atoms with E-state index in [4.69, 9.17) is 4.52 Å². The van der Waals surface area contributed by atoms with Gasteiger partial charge in [0, 0.05) is 36.3 Å². The van der Waals surface area contributed by atoms with Crippen molar-refractivity contribution in [3.05, 3.63) is 59.9 Å². The van der Waals surface area contributed by atoms with Crippen molar-refractivity contribution in [3.63, 3.8) is 0 Å². The number of carbonyl (C=O) groups is 2. The van der Waals surface area contributed by atoms with Crippen LogP contribution in [0.1, 0.15) is 24.7 Å². The van der Waals surface area contributed by atoms with E-state index in [0.29, 0.717) is 30.4 Å². The first-order valence-corrected chi connectivity index (χ1v) is 9.64. The molecule has 3 aromatic rings. The third kappa shape index (κ3) is 4.03. The predicted octanol–water partition coefficient (Wildman–Crippen LogP) is 3.60. The van der Waals surface area contributed by atoms with E-state index in [2.05, 4.69) is 15.5 Å². The van der Waals surface area contributed by atoms with Gasteiger partial charge in [-0.05, 0) is 48.9 Å². The molecule has 2 amide bonds. The molecule has 1 aromatic heterocycles. The van der Waals surface area contributed by atoms with Crippen molar-refractivity contribution < 1.29 is 14.1 Å². The highest BCUT2D eigenvalue weighted by atomic mass is 16.5. The molecule has 2 aromatic carbocycles. The smallest absolute Gasteiger partial charge is 0.257 e. The number of carbonyl (C=O) groups excluding carboxylic acids is 2. The lowest BCUT2D eigenvalue weighted by atomic mass is 10.1. The zero-order chi connectivity index (χ0) is 20.4. The van der Waals surface area contributed by atoms with Crippen LogP contribution in [-0.4, -0.2) is 28.5 Å². The Labute approximate surface area is 168 Å². The molecule has 0 unspecified atom stereocenters. The fourth-order valence-electron chi connectivity index (χ4n) is 3.38. The van der Waals surface area contributed by atoms with Crippen molar-refractivity contribution in [2.45, 2.75) is 26.7 Å². The standard InChI is InChI=1S/C22H22N4O3/c1-3-19-24-22(29-25-19)15-7-9-17(10-8-15)23-21(28)16-12-20(27)26(13-16)18-6-4-5-14(2)11-18/h4-11,16H,3,12-13H2,1-2H3,(H,23,28)/t16-/m0/s1. The molecule has 7 heteroatoms. The third-order valence-corrected chi connectivity index (χ3v) is 4.99. The molecule has 7 nitrogen and oxygen atoms in total. The number of rotatable bonds is 5. The molecule has 1 N–H and O–H groups in total.